The fraction of sp³-hybridized carbons (Fsp3) is 0.800. The summed E-state index contributed by atoms with van der Waals surface area (Å²) >= 11 is 0. The van der Waals surface area contributed by atoms with E-state index in [-0.39, 0.29) is 11.4 Å². The third kappa shape index (κ3) is 2.45. The Labute approximate surface area is 120 Å². The van der Waals surface area contributed by atoms with Gasteiger partial charge in [-0.2, -0.15) is 9.90 Å². The average Bonchev–Trinajstić information content (AvgIpc) is 2.76. The number of carbonyl (C=O) groups excluding carboxylic acids is 1. The van der Waals surface area contributed by atoms with E-state index in [9.17, 15) is 4.79 Å². The Bertz CT molecular complexity index is 474. The van der Waals surface area contributed by atoms with E-state index in [1.165, 1.54) is 56.2 Å². The summed E-state index contributed by atoms with van der Waals surface area (Å²) in [7, 11) is 1.76. The highest BCUT2D eigenvalue weighted by molar-refractivity contribution is 5.92. The van der Waals surface area contributed by atoms with E-state index in [0.29, 0.717) is 5.69 Å². The van der Waals surface area contributed by atoms with Crippen molar-refractivity contribution in [1.29, 1.82) is 0 Å². The van der Waals surface area contributed by atoms with Crippen LogP contribution in [-0.4, -0.2) is 37.9 Å². The number of aromatic nitrogens is 3. The molecule has 2 fully saturated rings. The Hall–Kier alpha value is -1.39. The van der Waals surface area contributed by atoms with E-state index in [1.54, 1.807) is 13.2 Å². The first-order valence-corrected chi connectivity index (χ1v) is 7.90. The number of aryl methyl sites for hydroxylation is 1. The third-order valence-electron chi connectivity index (χ3n) is 4.94. The number of hydrogen-bond donors (Lipinski definition) is 0. The lowest BCUT2D eigenvalue weighted by Crippen LogP contribution is -2.54. The van der Waals surface area contributed by atoms with E-state index in [4.69, 9.17) is 0 Å². The first kappa shape index (κ1) is 13.6. The molecule has 5 heteroatoms. The van der Waals surface area contributed by atoms with Crippen molar-refractivity contribution in [3.05, 3.63) is 11.9 Å². The van der Waals surface area contributed by atoms with Gasteiger partial charge in [-0.3, -0.25) is 4.79 Å². The van der Waals surface area contributed by atoms with Crippen molar-refractivity contribution in [1.82, 2.24) is 19.9 Å². The Kier molecular flexibility index (Phi) is 3.76. The summed E-state index contributed by atoms with van der Waals surface area (Å²) in [5.41, 5.74) is 0.599. The first-order chi connectivity index (χ1) is 9.71. The summed E-state index contributed by atoms with van der Waals surface area (Å²) in [6.45, 7) is 0.884. The summed E-state index contributed by atoms with van der Waals surface area (Å²) in [6.07, 6.45) is 12.6. The van der Waals surface area contributed by atoms with E-state index in [1.807, 2.05) is 0 Å². The van der Waals surface area contributed by atoms with Crippen LogP contribution in [0, 0.1) is 0 Å². The second kappa shape index (κ2) is 5.54. The van der Waals surface area contributed by atoms with Gasteiger partial charge in [0.05, 0.1) is 6.20 Å². The predicted octanol–water partition coefficient (Wildman–Crippen LogP) is 2.53. The summed E-state index contributed by atoms with van der Waals surface area (Å²) < 4.78 is 0. The van der Waals surface area contributed by atoms with Gasteiger partial charge in [0.25, 0.3) is 5.91 Å². The van der Waals surface area contributed by atoms with Crippen molar-refractivity contribution in [2.75, 3.05) is 6.54 Å². The number of carbonyl (C=O) groups is 1. The molecule has 2 heterocycles. The number of likely N-dealkylation sites (tertiary alicyclic amines) is 1. The van der Waals surface area contributed by atoms with Crippen molar-refractivity contribution >= 4 is 5.91 Å². The van der Waals surface area contributed by atoms with Crippen LogP contribution in [0.5, 0.6) is 0 Å². The van der Waals surface area contributed by atoms with Crippen LogP contribution in [0.3, 0.4) is 0 Å². The molecule has 1 aromatic rings. The van der Waals surface area contributed by atoms with E-state index in [2.05, 4.69) is 15.1 Å². The molecule has 1 aliphatic heterocycles. The maximum Gasteiger partial charge on any atom is 0.276 e. The number of amides is 1. The van der Waals surface area contributed by atoms with Gasteiger partial charge in [0.15, 0.2) is 5.69 Å². The summed E-state index contributed by atoms with van der Waals surface area (Å²) in [5.74, 6) is 0.0831. The van der Waals surface area contributed by atoms with Crippen LogP contribution < -0.4 is 0 Å². The van der Waals surface area contributed by atoms with Gasteiger partial charge in [-0.15, -0.1) is 5.10 Å². The zero-order valence-electron chi connectivity index (χ0n) is 12.3. The lowest BCUT2D eigenvalue weighted by Gasteiger charge is -2.47. The summed E-state index contributed by atoms with van der Waals surface area (Å²) in [5, 5.41) is 8.24. The highest BCUT2D eigenvalue weighted by Gasteiger charge is 2.42. The predicted molar refractivity (Wildman–Crippen MR) is 76.3 cm³/mol. The molecule has 0 bridgehead atoms. The Balaban J connectivity index is 1.86. The zero-order valence-corrected chi connectivity index (χ0v) is 12.3. The van der Waals surface area contributed by atoms with Crippen LogP contribution in [0.2, 0.25) is 0 Å². The molecule has 5 nitrogen and oxygen atoms in total. The Morgan fingerprint density at radius 2 is 1.75 bits per heavy atom. The normalized spacial score (nSPS) is 22.8. The maximum absolute atomic E-state index is 12.8. The molecule has 1 spiro atoms. The minimum Gasteiger partial charge on any atom is -0.332 e. The van der Waals surface area contributed by atoms with Crippen LogP contribution in [0.15, 0.2) is 6.20 Å². The zero-order chi connectivity index (χ0) is 14.0. The smallest absolute Gasteiger partial charge is 0.276 e. The highest BCUT2D eigenvalue weighted by Crippen LogP contribution is 2.40. The Morgan fingerprint density at radius 3 is 2.35 bits per heavy atom. The van der Waals surface area contributed by atoms with E-state index in [0.717, 1.165) is 13.0 Å². The van der Waals surface area contributed by atoms with Crippen LogP contribution in [0.1, 0.15) is 68.3 Å². The van der Waals surface area contributed by atoms with Gasteiger partial charge in [-0.1, -0.05) is 25.7 Å². The molecule has 110 valence electrons. The van der Waals surface area contributed by atoms with E-state index < -0.39 is 0 Å². The molecule has 1 aromatic heterocycles. The van der Waals surface area contributed by atoms with Crippen molar-refractivity contribution in [2.45, 2.75) is 63.3 Å². The summed E-state index contributed by atoms with van der Waals surface area (Å²) in [6, 6.07) is 0. The topological polar surface area (TPSA) is 51.0 Å². The van der Waals surface area contributed by atoms with Crippen molar-refractivity contribution in [3.8, 4) is 0 Å². The van der Waals surface area contributed by atoms with Crippen LogP contribution in [-0.2, 0) is 7.05 Å². The van der Waals surface area contributed by atoms with Crippen LogP contribution in [0.4, 0.5) is 0 Å². The van der Waals surface area contributed by atoms with Gasteiger partial charge in [-0.25, -0.2) is 0 Å². The van der Waals surface area contributed by atoms with Crippen molar-refractivity contribution in [2.24, 2.45) is 7.05 Å². The van der Waals surface area contributed by atoms with Gasteiger partial charge >= 0.3 is 0 Å². The lowest BCUT2D eigenvalue weighted by molar-refractivity contribution is 0.0242. The standard InChI is InChI=1S/C15H24N4O/c1-18-16-12-13(17-18)14(20)19-11-7-6-10-15(19)8-4-2-3-5-9-15/h12H,2-11H2,1H3. The number of nitrogens with zero attached hydrogens (tertiary/aromatic N) is 4. The number of rotatable bonds is 1. The summed E-state index contributed by atoms with van der Waals surface area (Å²) in [4.78, 5) is 16.4. The monoisotopic (exact) mass is 276 g/mol. The van der Waals surface area contributed by atoms with Crippen molar-refractivity contribution in [3.63, 3.8) is 0 Å². The van der Waals surface area contributed by atoms with Gasteiger partial charge < -0.3 is 4.90 Å². The fourth-order valence-electron chi connectivity index (χ4n) is 3.90. The molecule has 0 N–H and O–H groups in total. The largest absolute Gasteiger partial charge is 0.332 e. The molecule has 0 aromatic carbocycles. The molecule has 1 saturated carbocycles. The molecular formula is C15H24N4O. The van der Waals surface area contributed by atoms with Gasteiger partial charge in [-0.05, 0) is 32.1 Å². The average molecular weight is 276 g/mol. The van der Waals surface area contributed by atoms with Gasteiger partial charge in [0.2, 0.25) is 0 Å². The first-order valence-electron chi connectivity index (χ1n) is 7.90. The number of piperidine rings is 1. The maximum atomic E-state index is 12.8. The molecular weight excluding hydrogens is 252 g/mol. The van der Waals surface area contributed by atoms with Gasteiger partial charge in [0, 0.05) is 19.1 Å². The molecule has 1 amide bonds. The van der Waals surface area contributed by atoms with Crippen molar-refractivity contribution < 1.29 is 4.79 Å². The molecule has 0 atom stereocenters. The molecule has 0 unspecified atom stereocenters. The van der Waals surface area contributed by atoms with Gasteiger partial charge in [0.1, 0.15) is 0 Å². The molecule has 1 aliphatic carbocycles. The SMILES string of the molecule is Cn1ncc(C(=O)N2CCCCC23CCCCCC3)n1. The van der Waals surface area contributed by atoms with E-state index >= 15 is 0 Å². The quantitative estimate of drug-likeness (QED) is 0.792. The third-order valence-corrected chi connectivity index (χ3v) is 4.94. The second-order valence-electron chi connectivity index (χ2n) is 6.27. The number of hydrogen-bond acceptors (Lipinski definition) is 3. The molecule has 1 saturated heterocycles. The van der Waals surface area contributed by atoms with Crippen LogP contribution in [0.25, 0.3) is 0 Å². The second-order valence-corrected chi connectivity index (χ2v) is 6.27. The highest BCUT2D eigenvalue weighted by atomic mass is 16.2. The lowest BCUT2D eigenvalue weighted by atomic mass is 9.80. The Morgan fingerprint density at radius 1 is 1.10 bits per heavy atom. The minimum atomic E-state index is 0.0831. The molecule has 0 radical (unpaired) electrons. The molecule has 3 rings (SSSR count). The minimum absolute atomic E-state index is 0.0831. The molecule has 20 heavy (non-hydrogen) atoms. The van der Waals surface area contributed by atoms with Crippen LogP contribution >= 0.6 is 0 Å². The molecule has 2 aliphatic rings. The fourth-order valence-corrected chi connectivity index (χ4v) is 3.90.